The Labute approximate surface area is 168 Å². The molecule has 0 radical (unpaired) electrons. The molecule has 0 spiro atoms. The predicted molar refractivity (Wildman–Crippen MR) is 107 cm³/mol. The molecule has 0 bridgehead atoms. The lowest BCUT2D eigenvalue weighted by Crippen LogP contribution is -2.37. The van der Waals surface area contributed by atoms with Gasteiger partial charge < -0.3 is 14.8 Å². The average molecular weight is 427 g/mol. The smallest absolute Gasteiger partial charge is 0.339 e. The molecule has 0 heterocycles. The van der Waals surface area contributed by atoms with E-state index in [0.717, 1.165) is 10.6 Å². The van der Waals surface area contributed by atoms with Gasteiger partial charge in [-0.05, 0) is 30.3 Å². The van der Waals surface area contributed by atoms with Crippen LogP contribution in [0.25, 0.3) is 0 Å². The lowest BCUT2D eigenvalue weighted by molar-refractivity contribution is -0.114. The number of para-hydroxylation sites is 1. The molecule has 0 aromatic heterocycles. The summed E-state index contributed by atoms with van der Waals surface area (Å²) in [5.41, 5.74) is 0.557. The van der Waals surface area contributed by atoms with Crippen molar-refractivity contribution >= 4 is 44.9 Å². The molecule has 10 heteroatoms. The first-order valence-corrected chi connectivity index (χ1v) is 10.2. The van der Waals surface area contributed by atoms with E-state index in [9.17, 15) is 18.0 Å². The van der Waals surface area contributed by atoms with E-state index in [0.29, 0.717) is 5.75 Å². The van der Waals surface area contributed by atoms with E-state index in [1.54, 1.807) is 12.1 Å². The fourth-order valence-corrected chi connectivity index (χ4v) is 3.51. The topological polar surface area (TPSA) is 102 Å². The largest absolute Gasteiger partial charge is 0.495 e. The molecule has 1 amide bonds. The van der Waals surface area contributed by atoms with Gasteiger partial charge in [-0.15, -0.1) is 0 Å². The van der Waals surface area contributed by atoms with Crippen molar-refractivity contribution in [3.8, 4) is 5.75 Å². The molecule has 0 unspecified atom stereocenters. The fourth-order valence-electron chi connectivity index (χ4n) is 2.41. The van der Waals surface area contributed by atoms with Crippen LogP contribution in [0.5, 0.6) is 5.75 Å². The van der Waals surface area contributed by atoms with Crippen LogP contribution >= 0.6 is 11.6 Å². The second kappa shape index (κ2) is 8.94. The number of benzene rings is 2. The van der Waals surface area contributed by atoms with Gasteiger partial charge in [-0.25, -0.2) is 13.2 Å². The minimum absolute atomic E-state index is 0.150. The Kier molecular flexibility index (Phi) is 6.87. The molecule has 2 aromatic rings. The van der Waals surface area contributed by atoms with Crippen molar-refractivity contribution in [2.75, 3.05) is 36.6 Å². The van der Waals surface area contributed by atoms with E-state index in [4.69, 9.17) is 16.3 Å². The number of amides is 1. The summed E-state index contributed by atoms with van der Waals surface area (Å²) in [6.45, 7) is -0.517. The zero-order valence-corrected chi connectivity index (χ0v) is 17.0. The summed E-state index contributed by atoms with van der Waals surface area (Å²) in [5.74, 6) is -0.901. The number of rotatable bonds is 7. The van der Waals surface area contributed by atoms with Crippen LogP contribution < -0.4 is 14.4 Å². The number of esters is 1. The summed E-state index contributed by atoms with van der Waals surface area (Å²) in [5, 5.41) is 2.73. The molecule has 28 heavy (non-hydrogen) atoms. The number of carbonyl (C=O) groups is 2. The van der Waals surface area contributed by atoms with Gasteiger partial charge in [0.1, 0.15) is 12.3 Å². The lowest BCUT2D eigenvalue weighted by Gasteiger charge is -2.22. The maximum Gasteiger partial charge on any atom is 0.339 e. The minimum Gasteiger partial charge on any atom is -0.495 e. The van der Waals surface area contributed by atoms with Gasteiger partial charge in [0, 0.05) is 0 Å². The normalized spacial score (nSPS) is 10.9. The van der Waals surface area contributed by atoms with E-state index >= 15 is 0 Å². The Balaban J connectivity index is 2.28. The van der Waals surface area contributed by atoms with E-state index in [-0.39, 0.29) is 22.0 Å². The first-order valence-electron chi connectivity index (χ1n) is 7.95. The maximum atomic E-state index is 12.5. The molecule has 0 saturated heterocycles. The van der Waals surface area contributed by atoms with E-state index in [1.807, 2.05) is 0 Å². The number of methoxy groups -OCH3 is 2. The van der Waals surface area contributed by atoms with Crippen LogP contribution in [0.1, 0.15) is 10.4 Å². The molecule has 0 aliphatic rings. The van der Waals surface area contributed by atoms with Crippen LogP contribution in [0.3, 0.4) is 0 Å². The zero-order valence-electron chi connectivity index (χ0n) is 15.4. The van der Waals surface area contributed by atoms with E-state index in [1.165, 1.54) is 44.6 Å². The van der Waals surface area contributed by atoms with Gasteiger partial charge in [-0.3, -0.25) is 9.10 Å². The number of ether oxygens (including phenoxy) is 2. The number of carbonyl (C=O) groups excluding carboxylic acids is 2. The van der Waals surface area contributed by atoms with Crippen LogP contribution in [0.2, 0.25) is 5.02 Å². The number of anilines is 2. The van der Waals surface area contributed by atoms with Crippen LogP contribution in [0, 0.1) is 0 Å². The van der Waals surface area contributed by atoms with Crippen LogP contribution in [0.15, 0.2) is 42.5 Å². The monoisotopic (exact) mass is 426 g/mol. The molecule has 2 aromatic carbocycles. The Bertz CT molecular complexity index is 993. The number of hydrogen-bond donors (Lipinski definition) is 1. The number of halogens is 1. The molecule has 1 N–H and O–H groups in total. The van der Waals surface area contributed by atoms with Gasteiger partial charge >= 0.3 is 5.97 Å². The summed E-state index contributed by atoms with van der Waals surface area (Å²) in [4.78, 5) is 24.3. The highest BCUT2D eigenvalue weighted by atomic mass is 35.5. The standard InChI is InChI=1S/C18H19ClN2O6S/c1-26-16-9-8-12(10-14(16)19)21(28(3,24)25)11-17(22)20-15-7-5-4-6-13(15)18(23)27-2/h4-10H,11H2,1-3H3,(H,20,22). The highest BCUT2D eigenvalue weighted by Crippen LogP contribution is 2.30. The van der Waals surface area contributed by atoms with Crippen molar-refractivity contribution < 1.29 is 27.5 Å². The third-order valence-corrected chi connectivity index (χ3v) is 5.15. The van der Waals surface area contributed by atoms with Crippen LogP contribution in [-0.2, 0) is 19.6 Å². The zero-order chi connectivity index (χ0) is 20.9. The second-order valence-corrected chi connectivity index (χ2v) is 7.99. The van der Waals surface area contributed by atoms with Gasteiger partial charge in [0.05, 0.1) is 42.4 Å². The Morgan fingerprint density at radius 2 is 1.82 bits per heavy atom. The van der Waals surface area contributed by atoms with Crippen LogP contribution in [-0.4, -0.2) is 47.3 Å². The van der Waals surface area contributed by atoms with Crippen molar-refractivity contribution in [3.05, 3.63) is 53.1 Å². The van der Waals surface area contributed by atoms with Crippen molar-refractivity contribution in [3.63, 3.8) is 0 Å². The highest BCUT2D eigenvalue weighted by Gasteiger charge is 2.23. The summed E-state index contributed by atoms with van der Waals surface area (Å²) in [6, 6.07) is 10.6. The lowest BCUT2D eigenvalue weighted by atomic mass is 10.2. The summed E-state index contributed by atoms with van der Waals surface area (Å²) in [7, 11) is -1.14. The summed E-state index contributed by atoms with van der Waals surface area (Å²) >= 11 is 6.06. The molecule has 0 aliphatic carbocycles. The van der Waals surface area contributed by atoms with Gasteiger partial charge in [-0.1, -0.05) is 23.7 Å². The first-order chi connectivity index (χ1) is 13.2. The van der Waals surface area contributed by atoms with Gasteiger partial charge in [-0.2, -0.15) is 0 Å². The second-order valence-electron chi connectivity index (χ2n) is 5.67. The van der Waals surface area contributed by atoms with E-state index in [2.05, 4.69) is 10.1 Å². The minimum atomic E-state index is -3.79. The van der Waals surface area contributed by atoms with Crippen molar-refractivity contribution in [2.45, 2.75) is 0 Å². The molecule has 8 nitrogen and oxygen atoms in total. The first kappa shape index (κ1) is 21.5. The molecule has 0 saturated carbocycles. The molecule has 0 fully saturated rings. The van der Waals surface area contributed by atoms with Crippen molar-refractivity contribution in [1.29, 1.82) is 0 Å². The number of nitrogens with zero attached hydrogens (tertiary/aromatic N) is 1. The molecule has 2 rings (SSSR count). The molecular weight excluding hydrogens is 408 g/mol. The molecule has 0 atom stereocenters. The number of sulfonamides is 1. The van der Waals surface area contributed by atoms with Crippen molar-refractivity contribution in [2.24, 2.45) is 0 Å². The highest BCUT2D eigenvalue weighted by molar-refractivity contribution is 7.92. The summed E-state index contributed by atoms with van der Waals surface area (Å²) in [6.07, 6.45) is 0.973. The number of hydrogen-bond acceptors (Lipinski definition) is 6. The van der Waals surface area contributed by atoms with Gasteiger partial charge in [0.15, 0.2) is 0 Å². The SMILES string of the molecule is COC(=O)c1ccccc1NC(=O)CN(c1ccc(OC)c(Cl)c1)S(C)(=O)=O. The average Bonchev–Trinajstić information content (AvgIpc) is 2.65. The maximum absolute atomic E-state index is 12.5. The summed E-state index contributed by atoms with van der Waals surface area (Å²) < 4.78 is 35.0. The Hall–Kier alpha value is -2.78. The van der Waals surface area contributed by atoms with Crippen molar-refractivity contribution in [1.82, 2.24) is 0 Å². The Morgan fingerprint density at radius 3 is 2.39 bits per heavy atom. The Morgan fingerprint density at radius 1 is 1.14 bits per heavy atom. The third kappa shape index (κ3) is 5.14. The third-order valence-electron chi connectivity index (χ3n) is 3.72. The fraction of sp³-hybridized carbons (Fsp3) is 0.222. The van der Waals surface area contributed by atoms with E-state index < -0.39 is 28.4 Å². The number of nitrogens with one attached hydrogen (secondary N) is 1. The predicted octanol–water partition coefficient (Wildman–Crippen LogP) is 2.54. The van der Waals surface area contributed by atoms with Gasteiger partial charge in [0.2, 0.25) is 15.9 Å². The molecule has 0 aliphatic heterocycles. The van der Waals surface area contributed by atoms with Gasteiger partial charge in [0.25, 0.3) is 0 Å². The molecular formula is C18H19ClN2O6S. The quantitative estimate of drug-likeness (QED) is 0.682. The van der Waals surface area contributed by atoms with Crippen LogP contribution in [0.4, 0.5) is 11.4 Å². The molecule has 150 valence electrons.